The molecule has 86 valence electrons. The lowest BCUT2D eigenvalue weighted by Gasteiger charge is -2.06. The first kappa shape index (κ1) is 12.7. The first-order chi connectivity index (χ1) is 7.36. The molecule has 16 heavy (non-hydrogen) atoms. The van der Waals surface area contributed by atoms with Crippen molar-refractivity contribution >= 4 is 34.2 Å². The SMILES string of the molecule is NC(=O)c1cnc(I)c([N+](=O)[O-])c1C(F)F. The van der Waals surface area contributed by atoms with Crippen molar-refractivity contribution in [2.45, 2.75) is 6.43 Å². The molecule has 6 nitrogen and oxygen atoms in total. The van der Waals surface area contributed by atoms with Gasteiger partial charge in [-0.15, -0.1) is 0 Å². The molecule has 0 atom stereocenters. The van der Waals surface area contributed by atoms with Crippen LogP contribution in [0.2, 0.25) is 0 Å². The van der Waals surface area contributed by atoms with Crippen molar-refractivity contribution in [1.29, 1.82) is 0 Å². The van der Waals surface area contributed by atoms with E-state index in [4.69, 9.17) is 5.73 Å². The van der Waals surface area contributed by atoms with Crippen LogP contribution in [-0.4, -0.2) is 15.8 Å². The lowest BCUT2D eigenvalue weighted by molar-refractivity contribution is -0.387. The Balaban J connectivity index is 3.63. The molecule has 0 bridgehead atoms. The number of amides is 1. The summed E-state index contributed by atoms with van der Waals surface area (Å²) >= 11 is 1.44. The van der Waals surface area contributed by atoms with Crippen LogP contribution in [0.1, 0.15) is 22.3 Å². The van der Waals surface area contributed by atoms with Gasteiger partial charge in [0.05, 0.1) is 10.5 Å². The first-order valence-corrected chi connectivity index (χ1v) is 4.84. The van der Waals surface area contributed by atoms with Crippen molar-refractivity contribution < 1.29 is 18.5 Å². The van der Waals surface area contributed by atoms with Gasteiger partial charge < -0.3 is 5.73 Å². The van der Waals surface area contributed by atoms with Gasteiger partial charge in [0.15, 0.2) is 3.70 Å². The number of alkyl halides is 2. The second-order valence-electron chi connectivity index (χ2n) is 2.65. The molecule has 1 amide bonds. The third-order valence-electron chi connectivity index (χ3n) is 1.71. The summed E-state index contributed by atoms with van der Waals surface area (Å²) in [7, 11) is 0. The van der Waals surface area contributed by atoms with E-state index in [1.165, 1.54) is 22.6 Å². The number of pyridine rings is 1. The number of halogens is 3. The van der Waals surface area contributed by atoms with Crippen molar-refractivity contribution in [2.24, 2.45) is 5.73 Å². The van der Waals surface area contributed by atoms with Gasteiger partial charge in [-0.2, -0.15) is 0 Å². The Morgan fingerprint density at radius 2 is 2.19 bits per heavy atom. The maximum absolute atomic E-state index is 12.6. The van der Waals surface area contributed by atoms with E-state index < -0.39 is 34.1 Å². The second-order valence-corrected chi connectivity index (χ2v) is 3.67. The maximum atomic E-state index is 12.6. The summed E-state index contributed by atoms with van der Waals surface area (Å²) in [6.45, 7) is 0. The lowest BCUT2D eigenvalue weighted by atomic mass is 10.1. The summed E-state index contributed by atoms with van der Waals surface area (Å²) in [5.74, 6) is -1.18. The fourth-order valence-electron chi connectivity index (χ4n) is 1.08. The number of aromatic nitrogens is 1. The van der Waals surface area contributed by atoms with Crippen molar-refractivity contribution in [2.75, 3.05) is 0 Å². The van der Waals surface area contributed by atoms with Crippen LogP contribution in [0, 0.1) is 13.8 Å². The Morgan fingerprint density at radius 1 is 1.62 bits per heavy atom. The number of nitro groups is 1. The molecule has 0 spiro atoms. The topological polar surface area (TPSA) is 99.1 Å². The summed E-state index contributed by atoms with van der Waals surface area (Å²) in [4.78, 5) is 23.9. The minimum absolute atomic E-state index is 0.220. The van der Waals surface area contributed by atoms with Gasteiger partial charge in [0, 0.05) is 6.20 Å². The zero-order valence-electron chi connectivity index (χ0n) is 7.49. The highest BCUT2D eigenvalue weighted by Crippen LogP contribution is 2.34. The van der Waals surface area contributed by atoms with Gasteiger partial charge in [0.1, 0.15) is 5.56 Å². The van der Waals surface area contributed by atoms with Crippen LogP contribution in [-0.2, 0) is 0 Å². The molecule has 0 aliphatic heterocycles. The van der Waals surface area contributed by atoms with Crippen LogP contribution in [0.3, 0.4) is 0 Å². The average molecular weight is 343 g/mol. The monoisotopic (exact) mass is 343 g/mol. The van der Waals surface area contributed by atoms with Crippen LogP contribution < -0.4 is 5.73 Å². The van der Waals surface area contributed by atoms with Gasteiger partial charge in [-0.1, -0.05) is 0 Å². The molecule has 0 aliphatic rings. The van der Waals surface area contributed by atoms with E-state index in [0.717, 1.165) is 6.20 Å². The van der Waals surface area contributed by atoms with Crippen LogP contribution in [0.5, 0.6) is 0 Å². The van der Waals surface area contributed by atoms with Crippen molar-refractivity contribution in [3.05, 3.63) is 31.1 Å². The molecule has 0 saturated heterocycles. The number of rotatable bonds is 3. The van der Waals surface area contributed by atoms with Crippen molar-refractivity contribution in [3.63, 3.8) is 0 Å². The third-order valence-corrected chi connectivity index (χ3v) is 2.50. The quantitative estimate of drug-likeness (QED) is 0.390. The highest BCUT2D eigenvalue weighted by molar-refractivity contribution is 14.1. The van der Waals surface area contributed by atoms with Gasteiger partial charge in [0.2, 0.25) is 0 Å². The molecule has 0 radical (unpaired) electrons. The molecule has 2 N–H and O–H groups in total. The molecule has 1 rings (SSSR count). The Labute approximate surface area is 101 Å². The summed E-state index contributed by atoms with van der Waals surface area (Å²) < 4.78 is 25.1. The normalized spacial score (nSPS) is 10.5. The number of hydrogen-bond acceptors (Lipinski definition) is 4. The van der Waals surface area contributed by atoms with E-state index >= 15 is 0 Å². The van der Waals surface area contributed by atoms with Crippen LogP contribution in [0.15, 0.2) is 6.20 Å². The predicted molar refractivity (Wildman–Crippen MR) is 57.1 cm³/mol. The number of nitrogens with zero attached hydrogens (tertiary/aromatic N) is 2. The van der Waals surface area contributed by atoms with E-state index in [1.54, 1.807) is 0 Å². The number of hydrogen-bond donors (Lipinski definition) is 1. The molecule has 1 aromatic rings. The highest BCUT2D eigenvalue weighted by atomic mass is 127. The van der Waals surface area contributed by atoms with Crippen LogP contribution in [0.25, 0.3) is 0 Å². The molecule has 0 aromatic carbocycles. The van der Waals surface area contributed by atoms with Gasteiger partial charge in [-0.05, 0) is 22.6 Å². The molecule has 0 saturated carbocycles. The Bertz CT molecular complexity index is 466. The minimum atomic E-state index is -3.17. The maximum Gasteiger partial charge on any atom is 0.310 e. The van der Waals surface area contributed by atoms with E-state index in [2.05, 4.69) is 4.98 Å². The predicted octanol–water partition coefficient (Wildman–Crippen LogP) is 1.63. The fourth-order valence-corrected chi connectivity index (χ4v) is 1.71. The van der Waals surface area contributed by atoms with Crippen molar-refractivity contribution in [1.82, 2.24) is 4.98 Å². The lowest BCUT2D eigenvalue weighted by Crippen LogP contribution is -2.16. The van der Waals surface area contributed by atoms with E-state index in [9.17, 15) is 23.7 Å². The second kappa shape index (κ2) is 4.63. The minimum Gasteiger partial charge on any atom is -0.366 e. The largest absolute Gasteiger partial charge is 0.366 e. The van der Waals surface area contributed by atoms with E-state index in [-0.39, 0.29) is 3.70 Å². The van der Waals surface area contributed by atoms with Gasteiger partial charge >= 0.3 is 5.69 Å². The zero-order chi connectivity index (χ0) is 12.5. The highest BCUT2D eigenvalue weighted by Gasteiger charge is 2.31. The molecule has 9 heteroatoms. The average Bonchev–Trinajstić information content (AvgIpc) is 2.15. The van der Waals surface area contributed by atoms with Crippen LogP contribution >= 0.6 is 22.6 Å². The van der Waals surface area contributed by atoms with Gasteiger partial charge in [-0.25, -0.2) is 13.8 Å². The molecule has 0 aliphatic carbocycles. The molecule has 1 heterocycles. The van der Waals surface area contributed by atoms with E-state index in [0.29, 0.717) is 0 Å². The molecule has 1 aromatic heterocycles. The Morgan fingerprint density at radius 3 is 2.56 bits per heavy atom. The fraction of sp³-hybridized carbons (Fsp3) is 0.143. The van der Waals surface area contributed by atoms with Gasteiger partial charge in [-0.3, -0.25) is 14.9 Å². The Hall–Kier alpha value is -1.39. The summed E-state index contributed by atoms with van der Waals surface area (Å²) in [6, 6.07) is 0. The number of nitrogens with two attached hydrogens (primary N) is 1. The van der Waals surface area contributed by atoms with Crippen molar-refractivity contribution in [3.8, 4) is 0 Å². The molecular weight excluding hydrogens is 339 g/mol. The van der Waals surface area contributed by atoms with E-state index in [1.807, 2.05) is 0 Å². The van der Waals surface area contributed by atoms with Gasteiger partial charge in [0.25, 0.3) is 12.3 Å². The summed E-state index contributed by atoms with van der Waals surface area (Å²) in [5.41, 5.74) is 2.33. The third kappa shape index (κ3) is 2.23. The smallest absolute Gasteiger partial charge is 0.310 e. The first-order valence-electron chi connectivity index (χ1n) is 3.77. The molecular formula is C7H4F2IN3O3. The number of carbonyl (C=O) groups excluding carboxylic acids is 1. The summed E-state index contributed by atoms with van der Waals surface area (Å²) in [6.07, 6.45) is -2.36. The molecule has 0 unspecified atom stereocenters. The zero-order valence-corrected chi connectivity index (χ0v) is 9.64. The number of primary amides is 1. The summed E-state index contributed by atoms with van der Waals surface area (Å²) in [5, 5.41) is 10.6. The Kier molecular flexibility index (Phi) is 3.67. The standard InChI is InChI=1S/C7H4F2IN3O3/c8-5(9)3-2(7(11)14)1-12-6(10)4(3)13(15)16/h1,5H,(H2,11,14). The van der Waals surface area contributed by atoms with Crippen LogP contribution in [0.4, 0.5) is 14.5 Å². The number of carbonyl (C=O) groups is 1. The molecule has 0 fully saturated rings.